The zero-order valence-corrected chi connectivity index (χ0v) is 17.1. The first-order chi connectivity index (χ1) is 13.5. The van der Waals surface area contributed by atoms with Crippen LogP contribution in [0, 0.1) is 0 Å². The highest BCUT2D eigenvalue weighted by molar-refractivity contribution is 8.18. The molecule has 2 aromatic carbocycles. The molecule has 1 heterocycles. The summed E-state index contributed by atoms with van der Waals surface area (Å²) in [6.45, 7) is 0.122. The summed E-state index contributed by atoms with van der Waals surface area (Å²) in [6.07, 6.45) is 1.63. The number of amides is 2. The average molecular weight is 420 g/mol. The molecule has 0 spiro atoms. The van der Waals surface area contributed by atoms with Gasteiger partial charge in [0.15, 0.2) is 11.5 Å². The second kappa shape index (κ2) is 8.58. The van der Waals surface area contributed by atoms with E-state index in [4.69, 9.17) is 25.8 Å². The zero-order chi connectivity index (χ0) is 20.3. The van der Waals surface area contributed by atoms with E-state index in [-0.39, 0.29) is 17.7 Å². The molecule has 0 N–H and O–H groups in total. The fraction of sp³-hybridized carbons (Fsp3) is 0.200. The van der Waals surface area contributed by atoms with Crippen molar-refractivity contribution in [3.05, 3.63) is 57.5 Å². The van der Waals surface area contributed by atoms with Crippen molar-refractivity contribution in [1.29, 1.82) is 0 Å². The second-order valence-electron chi connectivity index (χ2n) is 5.82. The van der Waals surface area contributed by atoms with Crippen molar-refractivity contribution in [3.63, 3.8) is 0 Å². The molecule has 1 aliphatic heterocycles. The lowest BCUT2D eigenvalue weighted by Gasteiger charge is -2.14. The third-order valence-corrected chi connectivity index (χ3v) is 5.42. The van der Waals surface area contributed by atoms with Gasteiger partial charge in [0.25, 0.3) is 11.1 Å². The van der Waals surface area contributed by atoms with Crippen molar-refractivity contribution in [2.24, 2.45) is 0 Å². The van der Waals surface area contributed by atoms with Crippen LogP contribution in [0.25, 0.3) is 6.08 Å². The van der Waals surface area contributed by atoms with Crippen LogP contribution in [-0.4, -0.2) is 37.4 Å². The molecule has 2 aromatic rings. The van der Waals surface area contributed by atoms with Gasteiger partial charge in [-0.3, -0.25) is 14.5 Å². The third kappa shape index (κ3) is 3.95. The topological polar surface area (TPSA) is 65.1 Å². The van der Waals surface area contributed by atoms with Gasteiger partial charge in [-0.1, -0.05) is 29.8 Å². The number of nitrogens with zero attached hydrogens (tertiary/aromatic N) is 1. The first-order valence-corrected chi connectivity index (χ1v) is 9.46. The highest BCUT2D eigenvalue weighted by atomic mass is 35.5. The maximum Gasteiger partial charge on any atom is 0.293 e. The van der Waals surface area contributed by atoms with Crippen LogP contribution in [0.4, 0.5) is 4.79 Å². The Hall–Kier alpha value is -2.64. The molecule has 0 atom stereocenters. The Morgan fingerprint density at radius 1 is 1.04 bits per heavy atom. The molecule has 0 unspecified atom stereocenters. The van der Waals surface area contributed by atoms with Crippen molar-refractivity contribution in [2.45, 2.75) is 6.54 Å². The van der Waals surface area contributed by atoms with Crippen LogP contribution in [0.1, 0.15) is 11.1 Å². The molecule has 1 fully saturated rings. The maximum absolute atomic E-state index is 12.8. The van der Waals surface area contributed by atoms with Crippen LogP contribution in [0.15, 0.2) is 41.3 Å². The third-order valence-electron chi connectivity index (χ3n) is 4.14. The molecular formula is C20H18ClNO5S. The lowest BCUT2D eigenvalue weighted by molar-refractivity contribution is -0.123. The van der Waals surface area contributed by atoms with Crippen molar-refractivity contribution in [3.8, 4) is 17.2 Å². The van der Waals surface area contributed by atoms with E-state index in [1.54, 1.807) is 36.4 Å². The maximum atomic E-state index is 12.8. The number of hydrogen-bond donors (Lipinski definition) is 0. The molecule has 0 radical (unpaired) electrons. The number of methoxy groups -OCH3 is 3. The summed E-state index contributed by atoms with van der Waals surface area (Å²) in [4.78, 5) is 26.6. The predicted molar refractivity (Wildman–Crippen MR) is 109 cm³/mol. The lowest BCUT2D eigenvalue weighted by atomic mass is 10.1. The van der Waals surface area contributed by atoms with Gasteiger partial charge in [0.05, 0.1) is 32.8 Å². The number of rotatable bonds is 6. The van der Waals surface area contributed by atoms with Crippen LogP contribution in [0.2, 0.25) is 5.02 Å². The molecule has 0 bridgehead atoms. The van der Waals surface area contributed by atoms with E-state index in [0.29, 0.717) is 38.3 Å². The molecule has 6 nitrogen and oxygen atoms in total. The largest absolute Gasteiger partial charge is 0.493 e. The fourth-order valence-electron chi connectivity index (χ4n) is 2.77. The SMILES string of the molecule is COc1cc(/C=C2\SC(=O)N(Cc3ccccc3Cl)C2=O)cc(OC)c1OC. The molecule has 0 aliphatic carbocycles. The quantitative estimate of drug-likeness (QED) is 0.637. The average Bonchev–Trinajstić information content (AvgIpc) is 2.96. The van der Waals surface area contributed by atoms with Crippen molar-refractivity contribution in [2.75, 3.05) is 21.3 Å². The van der Waals surface area contributed by atoms with E-state index < -0.39 is 0 Å². The van der Waals surface area contributed by atoms with E-state index >= 15 is 0 Å². The summed E-state index contributed by atoms with van der Waals surface area (Å²) in [6, 6.07) is 10.5. The second-order valence-corrected chi connectivity index (χ2v) is 7.22. The van der Waals surface area contributed by atoms with Crippen LogP contribution in [0.5, 0.6) is 17.2 Å². The predicted octanol–water partition coefficient (Wildman–Crippen LogP) is 4.60. The van der Waals surface area contributed by atoms with E-state index in [1.807, 2.05) is 6.07 Å². The van der Waals surface area contributed by atoms with Gasteiger partial charge in [-0.05, 0) is 47.2 Å². The van der Waals surface area contributed by atoms with Gasteiger partial charge in [-0.15, -0.1) is 0 Å². The fourth-order valence-corrected chi connectivity index (χ4v) is 3.80. The van der Waals surface area contributed by atoms with Crippen LogP contribution in [-0.2, 0) is 11.3 Å². The van der Waals surface area contributed by atoms with Crippen molar-refractivity contribution < 1.29 is 23.8 Å². The van der Waals surface area contributed by atoms with Crippen LogP contribution in [0.3, 0.4) is 0 Å². The number of hydrogen-bond acceptors (Lipinski definition) is 6. The lowest BCUT2D eigenvalue weighted by Crippen LogP contribution is -2.27. The van der Waals surface area contributed by atoms with Crippen LogP contribution < -0.4 is 14.2 Å². The molecular weight excluding hydrogens is 402 g/mol. The number of carbonyl (C=O) groups excluding carboxylic acids is 2. The van der Waals surface area contributed by atoms with Gasteiger partial charge in [0, 0.05) is 5.02 Å². The number of carbonyl (C=O) groups is 2. The van der Waals surface area contributed by atoms with Crippen molar-refractivity contribution >= 4 is 40.6 Å². The molecule has 0 aromatic heterocycles. The first-order valence-electron chi connectivity index (χ1n) is 8.27. The van der Waals surface area contributed by atoms with E-state index in [1.165, 1.54) is 26.2 Å². The Labute approximate surface area is 172 Å². The number of halogens is 1. The molecule has 3 rings (SSSR count). The van der Waals surface area contributed by atoms with E-state index in [2.05, 4.69) is 0 Å². The minimum absolute atomic E-state index is 0.122. The monoisotopic (exact) mass is 419 g/mol. The number of ether oxygens (including phenoxy) is 3. The molecule has 2 amide bonds. The van der Waals surface area contributed by atoms with Crippen molar-refractivity contribution in [1.82, 2.24) is 4.90 Å². The van der Waals surface area contributed by atoms with Gasteiger partial charge in [0.1, 0.15) is 0 Å². The summed E-state index contributed by atoms with van der Waals surface area (Å²) in [7, 11) is 4.54. The summed E-state index contributed by atoms with van der Waals surface area (Å²) in [5.74, 6) is 1.00. The Balaban J connectivity index is 1.90. The first kappa shape index (κ1) is 20.1. The Kier molecular flexibility index (Phi) is 6.16. The Morgan fingerprint density at radius 2 is 1.68 bits per heavy atom. The Bertz CT molecular complexity index is 934. The highest BCUT2D eigenvalue weighted by Gasteiger charge is 2.35. The smallest absolute Gasteiger partial charge is 0.293 e. The molecule has 0 saturated carbocycles. The minimum atomic E-state index is -0.372. The van der Waals surface area contributed by atoms with Gasteiger partial charge in [-0.2, -0.15) is 0 Å². The summed E-state index contributed by atoms with van der Waals surface area (Å²) < 4.78 is 16.0. The summed E-state index contributed by atoms with van der Waals surface area (Å²) in [5, 5.41) is 0.166. The molecule has 1 aliphatic rings. The summed E-state index contributed by atoms with van der Waals surface area (Å²) in [5.41, 5.74) is 1.36. The molecule has 28 heavy (non-hydrogen) atoms. The van der Waals surface area contributed by atoms with Gasteiger partial charge in [0.2, 0.25) is 5.75 Å². The zero-order valence-electron chi connectivity index (χ0n) is 15.5. The normalized spacial score (nSPS) is 15.3. The van der Waals surface area contributed by atoms with E-state index in [9.17, 15) is 9.59 Å². The highest BCUT2D eigenvalue weighted by Crippen LogP contribution is 2.40. The minimum Gasteiger partial charge on any atom is -0.493 e. The standard InChI is InChI=1S/C20H18ClNO5S/c1-25-15-8-12(9-16(26-2)18(15)27-3)10-17-19(23)22(20(24)28-17)11-13-6-4-5-7-14(13)21/h4-10H,11H2,1-3H3/b17-10-. The molecule has 8 heteroatoms. The number of imide groups is 1. The molecule has 146 valence electrons. The van der Waals surface area contributed by atoms with Crippen LogP contribution >= 0.6 is 23.4 Å². The van der Waals surface area contributed by atoms with Gasteiger partial charge in [-0.25, -0.2) is 0 Å². The number of benzene rings is 2. The Morgan fingerprint density at radius 3 is 2.25 bits per heavy atom. The summed E-state index contributed by atoms with van der Waals surface area (Å²) >= 11 is 7.03. The molecule has 1 saturated heterocycles. The van der Waals surface area contributed by atoms with Gasteiger partial charge < -0.3 is 14.2 Å². The van der Waals surface area contributed by atoms with Gasteiger partial charge >= 0.3 is 0 Å². The number of thioether (sulfide) groups is 1. The van der Waals surface area contributed by atoms with E-state index in [0.717, 1.165) is 11.8 Å².